The molecule has 0 saturated carbocycles. The minimum atomic E-state index is -4.85. The fourth-order valence-corrected chi connectivity index (χ4v) is 2.22. The Morgan fingerprint density at radius 1 is 1.23 bits per heavy atom. The van der Waals surface area contributed by atoms with E-state index < -0.39 is 46.3 Å². The number of carbonyl (C=O) groups excluding carboxylic acids is 1. The predicted octanol–water partition coefficient (Wildman–Crippen LogP) is 3.62. The molecule has 0 fully saturated rings. The Kier molecular flexibility index (Phi) is 3.67. The van der Waals surface area contributed by atoms with E-state index in [0.717, 1.165) is 20.1 Å². The standard InChI is InChI=1S/C14H11F5O3/c1-6-9(12(20)22-13(6,2)14(17,18)19)7-4-5-8(15)10(16)11(7)21-3/h4-5H,1-3H3/t13-/m1/s1. The van der Waals surface area contributed by atoms with Gasteiger partial charge in [-0.25, -0.2) is 9.18 Å². The van der Waals surface area contributed by atoms with Gasteiger partial charge in [-0.1, -0.05) is 0 Å². The number of methoxy groups -OCH3 is 1. The number of alkyl halides is 3. The molecule has 0 radical (unpaired) electrons. The van der Waals surface area contributed by atoms with Gasteiger partial charge in [0.15, 0.2) is 11.6 Å². The molecule has 2 rings (SSSR count). The first-order valence-corrected chi connectivity index (χ1v) is 6.08. The van der Waals surface area contributed by atoms with Gasteiger partial charge in [-0.15, -0.1) is 0 Å². The highest BCUT2D eigenvalue weighted by molar-refractivity contribution is 6.20. The van der Waals surface area contributed by atoms with Gasteiger partial charge in [0.05, 0.1) is 12.7 Å². The highest BCUT2D eigenvalue weighted by atomic mass is 19.4. The van der Waals surface area contributed by atoms with Crippen LogP contribution in [-0.4, -0.2) is 24.9 Å². The number of ether oxygens (including phenoxy) is 2. The highest BCUT2D eigenvalue weighted by Crippen LogP contribution is 2.48. The van der Waals surface area contributed by atoms with Crippen LogP contribution in [0.3, 0.4) is 0 Å². The Labute approximate surface area is 122 Å². The maximum atomic E-state index is 13.7. The zero-order valence-corrected chi connectivity index (χ0v) is 11.8. The summed E-state index contributed by atoms with van der Waals surface area (Å²) in [5, 5.41) is 0. The van der Waals surface area contributed by atoms with Gasteiger partial charge in [0, 0.05) is 5.56 Å². The molecule has 1 atom stereocenters. The average molecular weight is 322 g/mol. The number of hydrogen-bond donors (Lipinski definition) is 0. The topological polar surface area (TPSA) is 35.5 Å². The van der Waals surface area contributed by atoms with Crippen LogP contribution in [0.2, 0.25) is 0 Å². The number of carbonyl (C=O) groups is 1. The number of esters is 1. The van der Waals surface area contributed by atoms with E-state index in [1.807, 2.05) is 0 Å². The van der Waals surface area contributed by atoms with E-state index >= 15 is 0 Å². The zero-order valence-electron chi connectivity index (χ0n) is 11.8. The SMILES string of the molecule is COc1c(C2=C(C)[C@](C)(C(F)(F)F)OC2=O)ccc(F)c1F. The Bertz CT molecular complexity index is 678. The van der Waals surface area contributed by atoms with Gasteiger partial charge in [0.25, 0.3) is 0 Å². The van der Waals surface area contributed by atoms with Crippen LogP contribution in [0, 0.1) is 11.6 Å². The van der Waals surface area contributed by atoms with E-state index in [1.165, 1.54) is 0 Å². The molecule has 1 aliphatic rings. The monoisotopic (exact) mass is 322 g/mol. The molecule has 8 heteroatoms. The fourth-order valence-electron chi connectivity index (χ4n) is 2.22. The maximum absolute atomic E-state index is 13.7. The number of halogens is 5. The normalized spacial score (nSPS) is 22.1. The van der Waals surface area contributed by atoms with Crippen LogP contribution in [0.1, 0.15) is 19.4 Å². The molecule has 1 heterocycles. The highest BCUT2D eigenvalue weighted by Gasteiger charge is 2.60. The second-order valence-electron chi connectivity index (χ2n) is 4.86. The third kappa shape index (κ3) is 2.13. The smallest absolute Gasteiger partial charge is 0.432 e. The lowest BCUT2D eigenvalue weighted by atomic mass is 9.91. The van der Waals surface area contributed by atoms with E-state index in [-0.39, 0.29) is 5.56 Å². The van der Waals surface area contributed by atoms with Gasteiger partial charge < -0.3 is 9.47 Å². The number of cyclic esters (lactones) is 1. The molecule has 1 aromatic rings. The number of rotatable bonds is 2. The van der Waals surface area contributed by atoms with Crippen molar-refractivity contribution in [1.29, 1.82) is 0 Å². The quantitative estimate of drug-likeness (QED) is 0.616. The van der Waals surface area contributed by atoms with Gasteiger partial charge in [-0.2, -0.15) is 17.6 Å². The zero-order chi connectivity index (χ0) is 16.9. The molecule has 22 heavy (non-hydrogen) atoms. The minimum absolute atomic E-state index is 0.295. The summed E-state index contributed by atoms with van der Waals surface area (Å²) in [6, 6.07) is 1.67. The first-order chi connectivity index (χ1) is 10.0. The average Bonchev–Trinajstić information content (AvgIpc) is 2.64. The third-order valence-electron chi connectivity index (χ3n) is 3.66. The second kappa shape index (κ2) is 4.96. The van der Waals surface area contributed by atoms with Crippen molar-refractivity contribution in [3.8, 4) is 5.75 Å². The van der Waals surface area contributed by atoms with Gasteiger partial charge >= 0.3 is 12.1 Å². The van der Waals surface area contributed by atoms with Crippen LogP contribution >= 0.6 is 0 Å². The van der Waals surface area contributed by atoms with Gasteiger partial charge in [-0.3, -0.25) is 0 Å². The first kappa shape index (κ1) is 16.3. The van der Waals surface area contributed by atoms with E-state index in [2.05, 4.69) is 9.47 Å². The molecule has 0 aliphatic carbocycles. The molecule has 0 bridgehead atoms. The summed E-state index contributed by atoms with van der Waals surface area (Å²) in [6.07, 6.45) is -4.85. The van der Waals surface area contributed by atoms with Crippen LogP contribution in [0.15, 0.2) is 17.7 Å². The molecule has 120 valence electrons. The summed E-state index contributed by atoms with van der Waals surface area (Å²) in [6.45, 7) is 1.74. The Morgan fingerprint density at radius 2 is 1.82 bits per heavy atom. The molecular formula is C14H11F5O3. The summed E-state index contributed by atoms with van der Waals surface area (Å²) >= 11 is 0. The van der Waals surface area contributed by atoms with Crippen molar-refractivity contribution < 1.29 is 36.2 Å². The molecule has 3 nitrogen and oxygen atoms in total. The van der Waals surface area contributed by atoms with Gasteiger partial charge in [0.1, 0.15) is 0 Å². The second-order valence-corrected chi connectivity index (χ2v) is 4.86. The molecule has 0 saturated heterocycles. The van der Waals surface area contributed by atoms with Gasteiger partial charge in [0.2, 0.25) is 11.4 Å². The van der Waals surface area contributed by atoms with E-state index in [0.29, 0.717) is 13.0 Å². The van der Waals surface area contributed by atoms with Crippen molar-refractivity contribution in [2.75, 3.05) is 7.11 Å². The van der Waals surface area contributed by atoms with Crippen LogP contribution in [0.25, 0.3) is 5.57 Å². The van der Waals surface area contributed by atoms with Crippen molar-refractivity contribution in [2.24, 2.45) is 0 Å². The van der Waals surface area contributed by atoms with Crippen LogP contribution in [0.4, 0.5) is 22.0 Å². The van der Waals surface area contributed by atoms with Crippen molar-refractivity contribution in [1.82, 2.24) is 0 Å². The van der Waals surface area contributed by atoms with Crippen molar-refractivity contribution in [3.63, 3.8) is 0 Å². The fraction of sp³-hybridized carbons (Fsp3) is 0.357. The van der Waals surface area contributed by atoms with Crippen LogP contribution < -0.4 is 4.74 Å². The molecule has 1 aliphatic heterocycles. The Hall–Kier alpha value is -2.12. The summed E-state index contributed by atoms with van der Waals surface area (Å²) in [4.78, 5) is 11.9. The largest absolute Gasteiger partial charge is 0.493 e. The van der Waals surface area contributed by atoms with E-state index in [9.17, 15) is 26.7 Å². The summed E-state index contributed by atoms with van der Waals surface area (Å²) in [5.74, 6) is -4.57. The summed E-state index contributed by atoms with van der Waals surface area (Å²) in [7, 11) is 1.01. The predicted molar refractivity (Wildman–Crippen MR) is 66.1 cm³/mol. The minimum Gasteiger partial charge on any atom is -0.493 e. The van der Waals surface area contributed by atoms with Crippen molar-refractivity contribution >= 4 is 11.5 Å². The molecule has 0 aromatic heterocycles. The Balaban J connectivity index is 2.72. The van der Waals surface area contributed by atoms with Crippen LogP contribution in [-0.2, 0) is 9.53 Å². The van der Waals surface area contributed by atoms with Crippen molar-refractivity contribution in [3.05, 3.63) is 34.9 Å². The third-order valence-corrected chi connectivity index (χ3v) is 3.66. The maximum Gasteiger partial charge on any atom is 0.432 e. The van der Waals surface area contributed by atoms with E-state index in [4.69, 9.17) is 0 Å². The Morgan fingerprint density at radius 3 is 2.27 bits per heavy atom. The lowest BCUT2D eigenvalue weighted by Gasteiger charge is -2.27. The summed E-state index contributed by atoms with van der Waals surface area (Å²) in [5.41, 5.74) is -4.06. The van der Waals surface area contributed by atoms with Crippen LogP contribution in [0.5, 0.6) is 5.75 Å². The molecule has 0 spiro atoms. The molecular weight excluding hydrogens is 311 g/mol. The van der Waals surface area contributed by atoms with E-state index in [1.54, 1.807) is 0 Å². The van der Waals surface area contributed by atoms with Crippen molar-refractivity contribution in [2.45, 2.75) is 25.6 Å². The number of benzene rings is 1. The molecule has 0 unspecified atom stereocenters. The number of hydrogen-bond acceptors (Lipinski definition) is 3. The molecule has 0 amide bonds. The lowest BCUT2D eigenvalue weighted by Crippen LogP contribution is -2.43. The first-order valence-electron chi connectivity index (χ1n) is 6.08. The van der Waals surface area contributed by atoms with Gasteiger partial charge in [-0.05, 0) is 31.6 Å². The molecule has 1 aromatic carbocycles. The molecule has 0 N–H and O–H groups in total. The lowest BCUT2D eigenvalue weighted by molar-refractivity contribution is -0.242. The summed E-state index contributed by atoms with van der Waals surface area (Å²) < 4.78 is 75.4.